The Bertz CT molecular complexity index is 700. The zero-order chi connectivity index (χ0) is 19.2. The van der Waals surface area contributed by atoms with Gasteiger partial charge < -0.3 is 15.2 Å². The van der Waals surface area contributed by atoms with E-state index in [9.17, 15) is 27.2 Å². The number of carboxylic acids is 1. The second kappa shape index (κ2) is 8.58. The second-order valence-electron chi connectivity index (χ2n) is 4.84. The van der Waals surface area contributed by atoms with E-state index in [1.807, 2.05) is 5.32 Å². The highest BCUT2D eigenvalue weighted by atomic mass is 35.5. The van der Waals surface area contributed by atoms with E-state index in [2.05, 4.69) is 5.92 Å². The van der Waals surface area contributed by atoms with Crippen molar-refractivity contribution >= 4 is 29.2 Å². The summed E-state index contributed by atoms with van der Waals surface area (Å²) in [6.07, 6.45) is -2.36. The molecule has 0 spiro atoms. The second-order valence-corrected chi connectivity index (χ2v) is 5.25. The zero-order valence-corrected chi connectivity index (χ0v) is 13.2. The van der Waals surface area contributed by atoms with Crippen molar-refractivity contribution in [3.8, 4) is 18.1 Å². The fourth-order valence-corrected chi connectivity index (χ4v) is 2.00. The van der Waals surface area contributed by atoms with Gasteiger partial charge in [-0.2, -0.15) is 13.2 Å². The summed E-state index contributed by atoms with van der Waals surface area (Å²) in [4.78, 5) is 22.2. The molecule has 0 aliphatic heterocycles. The molecular formula is C15H12ClF4NO4. The molecule has 0 saturated carbocycles. The van der Waals surface area contributed by atoms with Crippen molar-refractivity contribution in [2.45, 2.75) is 19.0 Å². The molecule has 1 aromatic rings. The van der Waals surface area contributed by atoms with Gasteiger partial charge in [-0.25, -0.2) is 4.39 Å². The Kier molecular flexibility index (Phi) is 7.06. The first-order valence-corrected chi connectivity index (χ1v) is 7.06. The molecule has 0 aliphatic rings. The molecule has 1 aromatic carbocycles. The first-order chi connectivity index (χ1) is 11.5. The molecule has 1 amide bonds. The highest BCUT2D eigenvalue weighted by molar-refractivity contribution is 6.32. The molecule has 0 bridgehead atoms. The first-order valence-electron chi connectivity index (χ1n) is 6.68. The van der Waals surface area contributed by atoms with Gasteiger partial charge >= 0.3 is 12.1 Å². The summed E-state index contributed by atoms with van der Waals surface area (Å²) in [5, 5.41) is 10.3. The van der Waals surface area contributed by atoms with Crippen LogP contribution in [-0.4, -0.2) is 29.8 Å². The summed E-state index contributed by atoms with van der Waals surface area (Å²) in [5.74, 6) is -4.28. The van der Waals surface area contributed by atoms with E-state index in [0.717, 1.165) is 12.1 Å². The zero-order valence-electron chi connectivity index (χ0n) is 12.5. The molecule has 1 atom stereocenters. The quantitative estimate of drug-likeness (QED) is 0.560. The summed E-state index contributed by atoms with van der Waals surface area (Å²) in [7, 11) is 0. The number of amides is 1. The summed E-state index contributed by atoms with van der Waals surface area (Å²) in [6, 6.07) is 1.76. The Morgan fingerprint density at radius 2 is 2.00 bits per heavy atom. The summed E-state index contributed by atoms with van der Waals surface area (Å²) >= 11 is 5.71. The van der Waals surface area contributed by atoms with Gasteiger partial charge in [0, 0.05) is 12.5 Å². The third-order valence-corrected chi connectivity index (χ3v) is 3.22. The average molecular weight is 382 g/mol. The number of carbonyl (C=O) groups is 2. The number of terminal acetylenes is 1. The molecule has 0 radical (unpaired) electrons. The number of alkyl halides is 3. The number of anilines is 1. The Balaban J connectivity index is 2.91. The maximum absolute atomic E-state index is 13.8. The fraction of sp³-hybridized carbons (Fsp3) is 0.333. The van der Waals surface area contributed by atoms with Gasteiger partial charge in [-0.05, 0) is 6.07 Å². The SMILES string of the molecule is C#CCOc1cc(NC(=O)CC(CC(=O)O)C(F)(F)F)c(F)cc1Cl. The standard InChI is InChI=1S/C15H12ClF4NO4/c1-2-3-25-12-7-11(10(17)6-9(12)16)21-13(22)4-8(5-14(23)24)15(18,19)20/h1,6-8H,3-5H2,(H,21,22)(H,23,24). The van der Waals surface area contributed by atoms with Crippen molar-refractivity contribution in [2.75, 3.05) is 11.9 Å². The lowest BCUT2D eigenvalue weighted by molar-refractivity contribution is -0.185. The number of aliphatic carboxylic acids is 1. The fourth-order valence-electron chi connectivity index (χ4n) is 1.79. The highest BCUT2D eigenvalue weighted by Gasteiger charge is 2.42. The van der Waals surface area contributed by atoms with E-state index in [-0.39, 0.29) is 17.4 Å². The normalized spacial score (nSPS) is 12.2. The van der Waals surface area contributed by atoms with Crippen LogP contribution >= 0.6 is 11.6 Å². The number of benzene rings is 1. The van der Waals surface area contributed by atoms with Crippen molar-refractivity contribution in [1.82, 2.24) is 0 Å². The van der Waals surface area contributed by atoms with Crippen LogP contribution in [0.1, 0.15) is 12.8 Å². The van der Waals surface area contributed by atoms with Crippen LogP contribution in [0.15, 0.2) is 12.1 Å². The van der Waals surface area contributed by atoms with Crippen LogP contribution in [0.5, 0.6) is 5.75 Å². The van der Waals surface area contributed by atoms with Gasteiger partial charge in [0.15, 0.2) is 0 Å². The van der Waals surface area contributed by atoms with Crippen LogP contribution in [0, 0.1) is 24.1 Å². The van der Waals surface area contributed by atoms with Gasteiger partial charge in [0.1, 0.15) is 18.2 Å². The van der Waals surface area contributed by atoms with E-state index in [4.69, 9.17) is 27.9 Å². The lowest BCUT2D eigenvalue weighted by atomic mass is 10.0. The number of carbonyl (C=O) groups excluding carboxylic acids is 1. The van der Waals surface area contributed by atoms with Crippen LogP contribution in [-0.2, 0) is 9.59 Å². The molecule has 0 fully saturated rings. The van der Waals surface area contributed by atoms with Gasteiger partial charge in [0.25, 0.3) is 0 Å². The molecule has 1 unspecified atom stereocenters. The lowest BCUT2D eigenvalue weighted by Crippen LogP contribution is -2.30. The molecule has 0 heterocycles. The monoisotopic (exact) mass is 381 g/mol. The minimum atomic E-state index is -4.89. The van der Waals surface area contributed by atoms with E-state index >= 15 is 0 Å². The van der Waals surface area contributed by atoms with Crippen molar-refractivity contribution in [2.24, 2.45) is 5.92 Å². The summed E-state index contributed by atoms with van der Waals surface area (Å²) in [6.45, 7) is -0.201. The smallest absolute Gasteiger partial charge is 0.392 e. The number of nitrogens with one attached hydrogen (secondary N) is 1. The van der Waals surface area contributed by atoms with Crippen molar-refractivity contribution in [3.05, 3.63) is 23.0 Å². The molecular weight excluding hydrogens is 370 g/mol. The van der Waals surface area contributed by atoms with Crippen molar-refractivity contribution in [1.29, 1.82) is 0 Å². The molecule has 5 nitrogen and oxygen atoms in total. The van der Waals surface area contributed by atoms with Crippen LogP contribution in [0.2, 0.25) is 5.02 Å². The Morgan fingerprint density at radius 1 is 1.36 bits per heavy atom. The molecule has 1 rings (SSSR count). The topological polar surface area (TPSA) is 75.6 Å². The van der Waals surface area contributed by atoms with Gasteiger partial charge in [-0.1, -0.05) is 17.5 Å². The number of ether oxygens (including phenoxy) is 1. The van der Waals surface area contributed by atoms with Crippen molar-refractivity contribution in [3.63, 3.8) is 0 Å². The number of hydrogen-bond acceptors (Lipinski definition) is 3. The molecule has 0 saturated heterocycles. The first kappa shape index (κ1) is 20.6. The maximum Gasteiger partial charge on any atom is 0.392 e. The van der Waals surface area contributed by atoms with Gasteiger partial charge in [-0.15, -0.1) is 6.42 Å². The molecule has 2 N–H and O–H groups in total. The van der Waals surface area contributed by atoms with Crippen LogP contribution in [0.25, 0.3) is 0 Å². The number of rotatable bonds is 7. The van der Waals surface area contributed by atoms with Gasteiger partial charge in [-0.3, -0.25) is 9.59 Å². The number of carboxylic acid groups (broad SMARTS) is 1. The molecule has 136 valence electrons. The van der Waals surface area contributed by atoms with E-state index in [1.54, 1.807) is 0 Å². The Morgan fingerprint density at radius 3 is 2.52 bits per heavy atom. The molecule has 25 heavy (non-hydrogen) atoms. The van der Waals surface area contributed by atoms with E-state index < -0.39 is 48.3 Å². The van der Waals surface area contributed by atoms with Crippen LogP contribution < -0.4 is 10.1 Å². The Hall–Kier alpha value is -2.47. The number of hydrogen-bond donors (Lipinski definition) is 2. The minimum Gasteiger partial charge on any atom is -0.481 e. The third-order valence-electron chi connectivity index (χ3n) is 2.92. The predicted octanol–water partition coefficient (Wildman–Crippen LogP) is 3.47. The third kappa shape index (κ3) is 6.51. The lowest BCUT2D eigenvalue weighted by Gasteiger charge is -2.18. The molecule has 0 aliphatic carbocycles. The summed E-state index contributed by atoms with van der Waals surface area (Å²) in [5.41, 5.74) is -0.474. The largest absolute Gasteiger partial charge is 0.481 e. The minimum absolute atomic E-state index is 0.0748. The Labute approximate surface area is 144 Å². The predicted molar refractivity (Wildman–Crippen MR) is 80.8 cm³/mol. The van der Waals surface area contributed by atoms with Gasteiger partial charge in [0.2, 0.25) is 5.91 Å². The average Bonchev–Trinajstić information content (AvgIpc) is 2.46. The van der Waals surface area contributed by atoms with Crippen LogP contribution in [0.3, 0.4) is 0 Å². The van der Waals surface area contributed by atoms with Crippen LogP contribution in [0.4, 0.5) is 23.2 Å². The summed E-state index contributed by atoms with van der Waals surface area (Å²) < 4.78 is 57.0. The maximum atomic E-state index is 13.8. The highest BCUT2D eigenvalue weighted by Crippen LogP contribution is 2.33. The van der Waals surface area contributed by atoms with Crippen molar-refractivity contribution < 1.29 is 37.0 Å². The van der Waals surface area contributed by atoms with E-state index in [0.29, 0.717) is 0 Å². The van der Waals surface area contributed by atoms with Gasteiger partial charge in [0.05, 0.1) is 23.0 Å². The number of halogens is 5. The van der Waals surface area contributed by atoms with E-state index in [1.165, 1.54) is 0 Å². The molecule has 10 heteroatoms. The molecule has 0 aromatic heterocycles.